The SMILES string of the molecule is CNC1CC/C=C/C(OC(C)=O)CC1. The van der Waals surface area contributed by atoms with Crippen molar-refractivity contribution in [3.05, 3.63) is 12.2 Å². The van der Waals surface area contributed by atoms with Gasteiger partial charge in [0.2, 0.25) is 0 Å². The van der Waals surface area contributed by atoms with Gasteiger partial charge in [-0.2, -0.15) is 0 Å². The fourth-order valence-electron chi connectivity index (χ4n) is 1.75. The van der Waals surface area contributed by atoms with Crippen LogP contribution in [0.5, 0.6) is 0 Å². The lowest BCUT2D eigenvalue weighted by atomic mass is 9.99. The molecular formula is C11H19NO2. The van der Waals surface area contributed by atoms with Crippen molar-refractivity contribution in [2.24, 2.45) is 0 Å². The molecule has 0 aromatic carbocycles. The molecule has 0 spiro atoms. The highest BCUT2D eigenvalue weighted by Gasteiger charge is 2.14. The van der Waals surface area contributed by atoms with Crippen molar-refractivity contribution in [2.75, 3.05) is 7.05 Å². The molecule has 2 unspecified atom stereocenters. The monoisotopic (exact) mass is 197 g/mol. The molecule has 3 nitrogen and oxygen atoms in total. The first kappa shape index (κ1) is 11.2. The van der Waals surface area contributed by atoms with Gasteiger partial charge >= 0.3 is 5.97 Å². The minimum Gasteiger partial charge on any atom is -0.458 e. The van der Waals surface area contributed by atoms with Crippen LogP contribution in [0, 0.1) is 0 Å². The van der Waals surface area contributed by atoms with Crippen molar-refractivity contribution in [1.82, 2.24) is 5.32 Å². The molecule has 1 aliphatic rings. The fraction of sp³-hybridized carbons (Fsp3) is 0.727. The number of esters is 1. The maximum atomic E-state index is 10.8. The van der Waals surface area contributed by atoms with Gasteiger partial charge in [0.05, 0.1) is 0 Å². The number of allylic oxidation sites excluding steroid dienone is 1. The Labute approximate surface area is 85.5 Å². The van der Waals surface area contributed by atoms with Gasteiger partial charge in [-0.3, -0.25) is 4.79 Å². The molecule has 0 fully saturated rings. The summed E-state index contributed by atoms with van der Waals surface area (Å²) < 4.78 is 5.17. The molecule has 0 aromatic rings. The number of carbonyl (C=O) groups is 1. The van der Waals surface area contributed by atoms with E-state index in [2.05, 4.69) is 11.4 Å². The van der Waals surface area contributed by atoms with Gasteiger partial charge in [0.15, 0.2) is 0 Å². The zero-order valence-electron chi connectivity index (χ0n) is 8.95. The normalized spacial score (nSPS) is 30.1. The second-order valence-corrected chi connectivity index (χ2v) is 3.72. The minimum absolute atomic E-state index is 0.0244. The molecule has 80 valence electrons. The van der Waals surface area contributed by atoms with Crippen molar-refractivity contribution in [3.63, 3.8) is 0 Å². The Morgan fingerprint density at radius 3 is 2.86 bits per heavy atom. The summed E-state index contributed by atoms with van der Waals surface area (Å²) >= 11 is 0. The van der Waals surface area contributed by atoms with Gasteiger partial charge in [0.25, 0.3) is 0 Å². The highest BCUT2D eigenvalue weighted by atomic mass is 16.5. The Balaban J connectivity index is 2.44. The molecule has 0 saturated carbocycles. The maximum absolute atomic E-state index is 10.8. The van der Waals surface area contributed by atoms with Gasteiger partial charge in [-0.1, -0.05) is 6.08 Å². The number of hydrogen-bond donors (Lipinski definition) is 1. The molecule has 1 rings (SSSR count). The Kier molecular flexibility index (Phi) is 4.66. The first-order valence-electron chi connectivity index (χ1n) is 5.23. The molecule has 0 aromatic heterocycles. The van der Waals surface area contributed by atoms with E-state index in [1.807, 2.05) is 13.1 Å². The first-order valence-corrected chi connectivity index (χ1v) is 5.23. The molecule has 0 bridgehead atoms. The number of hydrogen-bond acceptors (Lipinski definition) is 3. The van der Waals surface area contributed by atoms with Gasteiger partial charge in [0.1, 0.15) is 6.10 Å². The van der Waals surface area contributed by atoms with Crippen LogP contribution in [-0.4, -0.2) is 25.2 Å². The van der Waals surface area contributed by atoms with Crippen LogP contribution in [0.1, 0.15) is 32.6 Å². The van der Waals surface area contributed by atoms with Crippen LogP contribution < -0.4 is 5.32 Å². The lowest BCUT2D eigenvalue weighted by Gasteiger charge is -2.21. The van der Waals surface area contributed by atoms with E-state index in [9.17, 15) is 4.79 Å². The van der Waals surface area contributed by atoms with Crippen molar-refractivity contribution >= 4 is 5.97 Å². The molecule has 14 heavy (non-hydrogen) atoms. The van der Waals surface area contributed by atoms with E-state index in [1.54, 1.807) is 0 Å². The average Bonchev–Trinajstić information content (AvgIpc) is 2.10. The number of carbonyl (C=O) groups excluding carboxylic acids is 1. The van der Waals surface area contributed by atoms with Gasteiger partial charge in [-0.05, 0) is 38.8 Å². The topological polar surface area (TPSA) is 38.3 Å². The molecule has 1 N–H and O–H groups in total. The van der Waals surface area contributed by atoms with Gasteiger partial charge in [-0.15, -0.1) is 0 Å². The van der Waals surface area contributed by atoms with E-state index in [1.165, 1.54) is 13.3 Å². The highest BCUT2D eigenvalue weighted by molar-refractivity contribution is 5.66. The van der Waals surface area contributed by atoms with Crippen molar-refractivity contribution in [1.29, 1.82) is 0 Å². The summed E-state index contributed by atoms with van der Waals surface area (Å²) in [5.74, 6) is -0.193. The van der Waals surface area contributed by atoms with Gasteiger partial charge in [0, 0.05) is 13.0 Å². The molecule has 0 heterocycles. The van der Waals surface area contributed by atoms with E-state index in [-0.39, 0.29) is 12.1 Å². The quantitative estimate of drug-likeness (QED) is 0.540. The third-order valence-corrected chi connectivity index (χ3v) is 2.56. The zero-order chi connectivity index (χ0) is 10.4. The van der Waals surface area contributed by atoms with E-state index < -0.39 is 0 Å². The molecule has 1 aliphatic carbocycles. The van der Waals surface area contributed by atoms with Crippen LogP contribution >= 0.6 is 0 Å². The first-order chi connectivity index (χ1) is 6.72. The van der Waals surface area contributed by atoms with E-state index in [0.29, 0.717) is 6.04 Å². The molecular weight excluding hydrogens is 178 g/mol. The molecule has 2 atom stereocenters. The third kappa shape index (κ3) is 3.92. The second kappa shape index (κ2) is 5.81. The zero-order valence-corrected chi connectivity index (χ0v) is 8.95. The summed E-state index contributed by atoms with van der Waals surface area (Å²) in [4.78, 5) is 10.8. The maximum Gasteiger partial charge on any atom is 0.303 e. The highest BCUT2D eigenvalue weighted by Crippen LogP contribution is 2.14. The van der Waals surface area contributed by atoms with Crippen LogP contribution in [0.3, 0.4) is 0 Å². The molecule has 0 saturated heterocycles. The minimum atomic E-state index is -0.193. The summed E-state index contributed by atoms with van der Waals surface area (Å²) in [6, 6.07) is 0.554. The summed E-state index contributed by atoms with van der Waals surface area (Å²) in [6.45, 7) is 1.46. The van der Waals surface area contributed by atoms with Crippen LogP contribution in [0.15, 0.2) is 12.2 Å². The lowest BCUT2D eigenvalue weighted by molar-refractivity contribution is -0.144. The van der Waals surface area contributed by atoms with Crippen LogP contribution in [-0.2, 0) is 9.53 Å². The van der Waals surface area contributed by atoms with E-state index in [0.717, 1.165) is 19.3 Å². The standard InChI is InChI=1S/C11H19NO2/c1-9(13)14-11-6-4-3-5-10(12-2)7-8-11/h4,6,10-12H,3,5,7-8H2,1-2H3/b6-4+. The number of rotatable bonds is 2. The van der Waals surface area contributed by atoms with Gasteiger partial charge < -0.3 is 10.1 Å². The average molecular weight is 197 g/mol. The van der Waals surface area contributed by atoms with Gasteiger partial charge in [-0.25, -0.2) is 0 Å². The molecule has 0 amide bonds. The summed E-state index contributed by atoms with van der Waals surface area (Å²) in [7, 11) is 1.98. The van der Waals surface area contributed by atoms with Crippen molar-refractivity contribution < 1.29 is 9.53 Å². The predicted molar refractivity (Wildman–Crippen MR) is 56.0 cm³/mol. The number of ether oxygens (including phenoxy) is 1. The molecule has 3 heteroatoms. The van der Waals surface area contributed by atoms with Crippen molar-refractivity contribution in [2.45, 2.75) is 44.8 Å². The van der Waals surface area contributed by atoms with Crippen LogP contribution in [0.2, 0.25) is 0 Å². The Morgan fingerprint density at radius 1 is 1.43 bits per heavy atom. The number of nitrogens with one attached hydrogen (secondary N) is 1. The smallest absolute Gasteiger partial charge is 0.303 e. The molecule has 0 aliphatic heterocycles. The summed E-state index contributed by atoms with van der Waals surface area (Å²) in [5, 5.41) is 3.27. The van der Waals surface area contributed by atoms with E-state index in [4.69, 9.17) is 4.74 Å². The van der Waals surface area contributed by atoms with Crippen LogP contribution in [0.25, 0.3) is 0 Å². The molecule has 0 radical (unpaired) electrons. The van der Waals surface area contributed by atoms with Crippen molar-refractivity contribution in [3.8, 4) is 0 Å². The summed E-state index contributed by atoms with van der Waals surface area (Å²) in [5.41, 5.74) is 0. The summed E-state index contributed by atoms with van der Waals surface area (Å²) in [6.07, 6.45) is 8.30. The Bertz CT molecular complexity index is 213. The predicted octanol–water partition coefficient (Wildman–Crippen LogP) is 1.64. The van der Waals surface area contributed by atoms with Crippen LogP contribution in [0.4, 0.5) is 0 Å². The Hall–Kier alpha value is -0.830. The Morgan fingerprint density at radius 2 is 2.21 bits per heavy atom. The van der Waals surface area contributed by atoms with E-state index >= 15 is 0 Å². The largest absolute Gasteiger partial charge is 0.458 e. The second-order valence-electron chi connectivity index (χ2n) is 3.72. The third-order valence-electron chi connectivity index (χ3n) is 2.56. The fourth-order valence-corrected chi connectivity index (χ4v) is 1.75. The lowest BCUT2D eigenvalue weighted by Crippen LogP contribution is -2.28.